The first-order chi connectivity index (χ1) is 10.1. The number of methoxy groups -OCH3 is 2. The van der Waals surface area contributed by atoms with Gasteiger partial charge in [-0.25, -0.2) is 0 Å². The lowest BCUT2D eigenvalue weighted by Crippen LogP contribution is -2.46. The number of hydrogen-bond donors (Lipinski definition) is 0. The number of benzene rings is 1. The largest absolute Gasteiger partial charge is 0.496 e. The van der Waals surface area contributed by atoms with Crippen LogP contribution in [0, 0.1) is 16.7 Å². The number of fused-ring (bicyclic) bond motifs is 1. The van der Waals surface area contributed by atoms with Gasteiger partial charge in [0, 0.05) is 18.4 Å². The summed E-state index contributed by atoms with van der Waals surface area (Å²) in [6.45, 7) is 0. The molecule has 21 heavy (non-hydrogen) atoms. The first-order valence-corrected chi connectivity index (χ1v) is 6.72. The van der Waals surface area contributed by atoms with Gasteiger partial charge in [-0.15, -0.1) is 0 Å². The van der Waals surface area contributed by atoms with Crippen LogP contribution in [0.2, 0.25) is 0 Å². The Balaban J connectivity index is 2.47. The molecule has 0 N–H and O–H groups in total. The molecule has 0 aromatic heterocycles. The van der Waals surface area contributed by atoms with Gasteiger partial charge in [0.2, 0.25) is 0 Å². The molecule has 1 unspecified atom stereocenters. The molecule has 5 nitrogen and oxygen atoms in total. The number of nitriles is 1. The standard InChI is InChI=1S/C16H17NO4/c1-20-13-6-3-5-11-10-16(7-4-8-17,15(19)21-2)14(18)9-12(11)13/h3,5-6H,4,7,9-10H2,1-2H3. The maximum Gasteiger partial charge on any atom is 0.319 e. The fourth-order valence-electron chi connectivity index (χ4n) is 2.90. The summed E-state index contributed by atoms with van der Waals surface area (Å²) in [5, 5.41) is 8.80. The van der Waals surface area contributed by atoms with Gasteiger partial charge in [-0.1, -0.05) is 12.1 Å². The highest BCUT2D eigenvalue weighted by Crippen LogP contribution is 2.40. The van der Waals surface area contributed by atoms with Crippen molar-refractivity contribution in [1.82, 2.24) is 0 Å². The van der Waals surface area contributed by atoms with Crippen molar-refractivity contribution in [3.63, 3.8) is 0 Å². The SMILES string of the molecule is COC(=O)C1(CCC#N)Cc2cccc(OC)c2CC1=O. The summed E-state index contributed by atoms with van der Waals surface area (Å²) in [5.74, 6) is -0.114. The van der Waals surface area contributed by atoms with Gasteiger partial charge in [0.05, 0.1) is 20.3 Å². The molecule has 1 aliphatic carbocycles. The third kappa shape index (κ3) is 2.49. The highest BCUT2D eigenvalue weighted by atomic mass is 16.5. The zero-order valence-corrected chi connectivity index (χ0v) is 12.1. The van der Waals surface area contributed by atoms with Crippen LogP contribution in [0.3, 0.4) is 0 Å². The molecule has 0 radical (unpaired) electrons. The van der Waals surface area contributed by atoms with E-state index in [1.807, 2.05) is 18.2 Å². The average molecular weight is 287 g/mol. The van der Waals surface area contributed by atoms with Gasteiger partial charge in [0.15, 0.2) is 5.78 Å². The molecule has 0 spiro atoms. The van der Waals surface area contributed by atoms with Crippen molar-refractivity contribution in [1.29, 1.82) is 5.26 Å². The number of esters is 1. The van der Waals surface area contributed by atoms with E-state index in [0.717, 1.165) is 11.1 Å². The van der Waals surface area contributed by atoms with Gasteiger partial charge >= 0.3 is 5.97 Å². The topological polar surface area (TPSA) is 76.4 Å². The molecule has 0 fully saturated rings. The molecule has 0 heterocycles. The van der Waals surface area contributed by atoms with Crippen LogP contribution in [0.5, 0.6) is 5.75 Å². The minimum atomic E-state index is -1.25. The molecule has 5 heteroatoms. The second-order valence-corrected chi connectivity index (χ2v) is 5.11. The average Bonchev–Trinajstić information content (AvgIpc) is 2.51. The van der Waals surface area contributed by atoms with E-state index in [-0.39, 0.29) is 31.5 Å². The fraction of sp³-hybridized carbons (Fsp3) is 0.438. The van der Waals surface area contributed by atoms with Crippen LogP contribution in [0.25, 0.3) is 0 Å². The van der Waals surface area contributed by atoms with Crippen molar-refractivity contribution in [3.05, 3.63) is 29.3 Å². The molecule has 0 amide bonds. The summed E-state index contributed by atoms with van der Waals surface area (Å²) < 4.78 is 10.1. The Labute approximate surface area is 123 Å². The Morgan fingerprint density at radius 2 is 2.19 bits per heavy atom. The van der Waals surface area contributed by atoms with Crippen LogP contribution in [-0.4, -0.2) is 26.0 Å². The molecule has 1 aromatic rings. The van der Waals surface area contributed by atoms with Crippen molar-refractivity contribution in [2.24, 2.45) is 5.41 Å². The minimum Gasteiger partial charge on any atom is -0.496 e. The Bertz CT molecular complexity index is 617. The van der Waals surface area contributed by atoms with Gasteiger partial charge in [-0.3, -0.25) is 9.59 Å². The lowest BCUT2D eigenvalue weighted by Gasteiger charge is -2.34. The van der Waals surface area contributed by atoms with Crippen LogP contribution in [-0.2, 0) is 27.2 Å². The number of carbonyl (C=O) groups excluding carboxylic acids is 2. The van der Waals surface area contributed by atoms with E-state index in [4.69, 9.17) is 14.7 Å². The predicted octanol–water partition coefficient (Wildman–Crippen LogP) is 1.83. The molecular weight excluding hydrogens is 270 g/mol. The minimum absolute atomic E-state index is 0.125. The molecule has 0 saturated carbocycles. The smallest absolute Gasteiger partial charge is 0.319 e. The number of ketones is 1. The summed E-state index contributed by atoms with van der Waals surface area (Å²) in [4.78, 5) is 24.8. The van der Waals surface area contributed by atoms with Gasteiger partial charge in [0.1, 0.15) is 11.2 Å². The monoisotopic (exact) mass is 287 g/mol. The van der Waals surface area contributed by atoms with Crippen LogP contribution in [0.4, 0.5) is 0 Å². The van der Waals surface area contributed by atoms with E-state index in [0.29, 0.717) is 5.75 Å². The highest BCUT2D eigenvalue weighted by Gasteiger charge is 2.49. The van der Waals surface area contributed by atoms with Gasteiger partial charge in [-0.2, -0.15) is 5.26 Å². The summed E-state index contributed by atoms with van der Waals surface area (Å²) in [5.41, 5.74) is 0.475. The number of ether oxygens (including phenoxy) is 2. The molecule has 0 saturated heterocycles. The van der Waals surface area contributed by atoms with Gasteiger partial charge in [-0.05, 0) is 24.5 Å². The van der Waals surface area contributed by atoms with Gasteiger partial charge in [0.25, 0.3) is 0 Å². The normalized spacial score (nSPS) is 20.3. The van der Waals surface area contributed by atoms with Crippen molar-refractivity contribution in [2.75, 3.05) is 14.2 Å². The zero-order chi connectivity index (χ0) is 15.5. The fourth-order valence-corrected chi connectivity index (χ4v) is 2.90. The molecule has 0 aliphatic heterocycles. The second-order valence-electron chi connectivity index (χ2n) is 5.11. The number of nitrogens with zero attached hydrogens (tertiary/aromatic N) is 1. The van der Waals surface area contributed by atoms with Crippen LogP contribution >= 0.6 is 0 Å². The molecule has 2 rings (SSSR count). The van der Waals surface area contributed by atoms with Crippen molar-refractivity contribution in [2.45, 2.75) is 25.7 Å². The first-order valence-electron chi connectivity index (χ1n) is 6.72. The zero-order valence-electron chi connectivity index (χ0n) is 12.1. The van der Waals surface area contributed by atoms with Crippen LogP contribution in [0.15, 0.2) is 18.2 Å². The summed E-state index contributed by atoms with van der Waals surface area (Å²) in [7, 11) is 2.82. The van der Waals surface area contributed by atoms with Gasteiger partial charge < -0.3 is 9.47 Å². The number of rotatable bonds is 4. The molecule has 110 valence electrons. The second kappa shape index (κ2) is 5.96. The third-order valence-corrected chi connectivity index (χ3v) is 4.05. The van der Waals surface area contributed by atoms with Crippen molar-refractivity contribution < 1.29 is 19.1 Å². The lowest BCUT2D eigenvalue weighted by atomic mass is 9.68. The number of Topliss-reactive ketones (excluding diaryl/α,β-unsaturated/α-hetero) is 1. The molecule has 1 aromatic carbocycles. The molecule has 0 bridgehead atoms. The van der Waals surface area contributed by atoms with Crippen LogP contribution < -0.4 is 4.74 Å². The van der Waals surface area contributed by atoms with E-state index >= 15 is 0 Å². The highest BCUT2D eigenvalue weighted by molar-refractivity contribution is 6.06. The van der Waals surface area contributed by atoms with E-state index in [9.17, 15) is 9.59 Å². The third-order valence-electron chi connectivity index (χ3n) is 4.05. The van der Waals surface area contributed by atoms with E-state index < -0.39 is 11.4 Å². The summed E-state index contributed by atoms with van der Waals surface area (Å²) in [6.07, 6.45) is 0.707. The maximum atomic E-state index is 12.6. The Kier molecular flexibility index (Phi) is 4.27. The van der Waals surface area contributed by atoms with Crippen LogP contribution in [0.1, 0.15) is 24.0 Å². The van der Waals surface area contributed by atoms with E-state index in [1.165, 1.54) is 7.11 Å². The lowest BCUT2D eigenvalue weighted by molar-refractivity contribution is -0.159. The quantitative estimate of drug-likeness (QED) is 0.623. The molecular formula is C16H17NO4. The molecule has 1 aliphatic rings. The Morgan fingerprint density at radius 1 is 1.43 bits per heavy atom. The molecule has 1 atom stereocenters. The number of carbonyl (C=O) groups is 2. The van der Waals surface area contributed by atoms with E-state index in [1.54, 1.807) is 13.2 Å². The maximum absolute atomic E-state index is 12.6. The first kappa shape index (κ1) is 15.0. The summed E-state index contributed by atoms with van der Waals surface area (Å²) >= 11 is 0. The Hall–Kier alpha value is -2.35. The van der Waals surface area contributed by atoms with E-state index in [2.05, 4.69) is 0 Å². The predicted molar refractivity (Wildman–Crippen MR) is 74.7 cm³/mol. The van der Waals surface area contributed by atoms with Crippen molar-refractivity contribution >= 4 is 11.8 Å². The summed E-state index contributed by atoms with van der Waals surface area (Å²) in [6, 6.07) is 7.52. The Morgan fingerprint density at radius 3 is 2.81 bits per heavy atom. The van der Waals surface area contributed by atoms with Crippen molar-refractivity contribution in [3.8, 4) is 11.8 Å². The number of hydrogen-bond acceptors (Lipinski definition) is 5.